The number of likely N-dealkylation sites (N-methyl/N-ethyl adjacent to an activating group) is 1. The number of amides is 2. The molecule has 0 radical (unpaired) electrons. The van der Waals surface area contributed by atoms with Gasteiger partial charge in [-0.2, -0.15) is 0 Å². The number of ketones is 1. The van der Waals surface area contributed by atoms with Crippen LogP contribution in [0.3, 0.4) is 0 Å². The number of rotatable bonds is 19. The molecule has 13 heteroatoms. The number of Topliss-reactive ketones (excluding diaryl/α,β-unsaturated/α-hetero) is 1. The first-order chi connectivity index (χ1) is 26.9. The maximum Gasteiger partial charge on any atom is 0.278 e. The third-order valence-electron chi connectivity index (χ3n) is 10.7. The quantitative estimate of drug-likeness (QED) is 0.0805. The first-order valence-corrected chi connectivity index (χ1v) is 22.3. The zero-order valence-corrected chi connectivity index (χ0v) is 38.2. The Kier molecular flexibility index (Phi) is 16.3. The Balaban J connectivity index is 1.90. The van der Waals surface area contributed by atoms with Crippen LogP contribution in [0.4, 0.5) is 22.7 Å². The predicted octanol–water partition coefficient (Wildman–Crippen LogP) is 9.52. The van der Waals surface area contributed by atoms with Gasteiger partial charge in [0.25, 0.3) is 11.8 Å². The number of nitrogens with one attached hydrogen (secondary N) is 3. The van der Waals surface area contributed by atoms with Gasteiger partial charge in [0.05, 0.1) is 22.7 Å². The van der Waals surface area contributed by atoms with Crippen molar-refractivity contribution in [1.82, 2.24) is 4.72 Å². The first kappa shape index (κ1) is 48.1. The second-order valence-electron chi connectivity index (χ2n) is 17.1. The molecule has 3 aromatic carbocycles. The topological polar surface area (TPSA) is 146 Å². The van der Waals surface area contributed by atoms with Gasteiger partial charge in [-0.3, -0.25) is 14.4 Å². The summed E-state index contributed by atoms with van der Waals surface area (Å²) in [5.41, 5.74) is 3.33. The van der Waals surface area contributed by atoms with Gasteiger partial charge in [0.15, 0.2) is 17.6 Å². The molecule has 1 atom stereocenters. The summed E-state index contributed by atoms with van der Waals surface area (Å²) in [4.78, 5) is 48.0. The fourth-order valence-corrected chi connectivity index (χ4v) is 6.66. The molecule has 0 aliphatic heterocycles. The van der Waals surface area contributed by atoms with Crippen LogP contribution in [0.2, 0.25) is 5.02 Å². The fourth-order valence-electron chi connectivity index (χ4n) is 6.03. The number of sulfonamides is 1. The third kappa shape index (κ3) is 12.9. The summed E-state index contributed by atoms with van der Waals surface area (Å²) >= 11 is 6.57. The number of ether oxygens (including phenoxy) is 1. The second-order valence-corrected chi connectivity index (χ2v) is 19.3. The van der Waals surface area contributed by atoms with Crippen molar-refractivity contribution in [1.29, 1.82) is 0 Å². The standard InChI is InChI=1S/C45H64ClN5O6S/c1-14-37(57-38-23-18-30(44(9,10)15-2)27-33(38)45(11,12)16-3)41(53)48-31-19-21-34(46)36(28-31)50-42(54)39(40(52)43(6,7)8)49-35-22-20-32(26-29(35)5)51(17-4)25-24-47-58(13,55)56/h18-23,26-28,37,47H,14-17,24-25H2,1-13H3,(H,48,53)(H,50,54)/b49-39-. The van der Waals surface area contributed by atoms with E-state index in [4.69, 9.17) is 16.3 Å². The van der Waals surface area contributed by atoms with E-state index in [0.29, 0.717) is 42.2 Å². The Bertz CT molecular complexity index is 2110. The molecule has 3 N–H and O–H groups in total. The van der Waals surface area contributed by atoms with Gasteiger partial charge in [-0.1, -0.05) is 93.0 Å². The molecule has 11 nitrogen and oxygen atoms in total. The Labute approximate surface area is 351 Å². The predicted molar refractivity (Wildman–Crippen MR) is 240 cm³/mol. The van der Waals surface area contributed by atoms with E-state index in [2.05, 4.69) is 74.0 Å². The summed E-state index contributed by atoms with van der Waals surface area (Å²) in [6.45, 7) is 25.2. The number of halogens is 1. The minimum atomic E-state index is -3.32. The van der Waals surface area contributed by atoms with Gasteiger partial charge in [-0.15, -0.1) is 0 Å². The molecule has 0 spiro atoms. The number of hydrogen-bond donors (Lipinski definition) is 3. The van der Waals surface area contributed by atoms with Gasteiger partial charge in [0, 0.05) is 42.0 Å². The molecule has 318 valence electrons. The third-order valence-corrected chi connectivity index (χ3v) is 11.7. The molecule has 0 bridgehead atoms. The van der Waals surface area contributed by atoms with Gasteiger partial charge >= 0.3 is 0 Å². The van der Waals surface area contributed by atoms with Crippen LogP contribution >= 0.6 is 11.6 Å². The molecule has 0 aliphatic carbocycles. The Morgan fingerprint density at radius 2 is 1.52 bits per heavy atom. The van der Waals surface area contributed by atoms with Crippen molar-refractivity contribution in [3.8, 4) is 5.75 Å². The highest BCUT2D eigenvalue weighted by atomic mass is 35.5. The molecule has 0 fully saturated rings. The molecule has 3 rings (SSSR count). The van der Waals surface area contributed by atoms with Gasteiger partial charge < -0.3 is 20.3 Å². The van der Waals surface area contributed by atoms with E-state index < -0.39 is 33.2 Å². The number of carbonyl (C=O) groups is 3. The number of aliphatic imine (C=N–C) groups is 1. The molecule has 0 aromatic heterocycles. The lowest BCUT2D eigenvalue weighted by molar-refractivity contribution is -0.123. The van der Waals surface area contributed by atoms with Crippen molar-refractivity contribution in [2.24, 2.45) is 10.4 Å². The molecule has 3 aromatic rings. The first-order valence-electron chi connectivity index (χ1n) is 20.0. The summed E-state index contributed by atoms with van der Waals surface area (Å²) in [6.07, 6.45) is 2.58. The molecular formula is C45H64ClN5O6S. The SMILES string of the molecule is CCC(Oc1ccc(C(C)(C)CC)cc1C(C)(C)CC)C(=O)Nc1ccc(Cl)c(NC(=O)/C(=N\c2ccc(N(CC)CCNS(C)(=O)=O)cc2C)C(=O)C(C)(C)C)c1. The highest BCUT2D eigenvalue weighted by molar-refractivity contribution is 7.88. The summed E-state index contributed by atoms with van der Waals surface area (Å²) in [5.74, 6) is -0.932. The lowest BCUT2D eigenvalue weighted by Gasteiger charge is -2.31. The summed E-state index contributed by atoms with van der Waals surface area (Å²) in [7, 11) is -3.32. The van der Waals surface area contributed by atoms with Gasteiger partial charge in [0.2, 0.25) is 10.0 Å². The van der Waals surface area contributed by atoms with E-state index in [1.807, 2.05) is 43.9 Å². The van der Waals surface area contributed by atoms with E-state index in [9.17, 15) is 22.8 Å². The monoisotopic (exact) mass is 837 g/mol. The van der Waals surface area contributed by atoms with Crippen LogP contribution in [0.15, 0.2) is 59.6 Å². The largest absolute Gasteiger partial charge is 0.480 e. The normalized spacial score (nSPS) is 13.2. The molecule has 0 saturated carbocycles. The molecule has 2 amide bonds. The summed E-state index contributed by atoms with van der Waals surface area (Å²) in [6, 6.07) is 16.4. The highest BCUT2D eigenvalue weighted by Gasteiger charge is 2.32. The number of aryl methyl sites for hydroxylation is 1. The summed E-state index contributed by atoms with van der Waals surface area (Å²) < 4.78 is 32.1. The van der Waals surface area contributed by atoms with Crippen molar-refractivity contribution >= 4 is 67.7 Å². The number of benzene rings is 3. The van der Waals surface area contributed by atoms with Crippen LogP contribution in [0.5, 0.6) is 5.75 Å². The number of anilines is 3. The zero-order valence-electron chi connectivity index (χ0n) is 36.6. The van der Waals surface area contributed by atoms with Crippen molar-refractivity contribution in [3.63, 3.8) is 0 Å². The molecular weight excluding hydrogens is 774 g/mol. The molecule has 0 aliphatic rings. The van der Waals surface area contributed by atoms with Gasteiger partial charge in [-0.05, 0) is 97.5 Å². The molecule has 1 unspecified atom stereocenters. The minimum absolute atomic E-state index is 0.0161. The molecule has 58 heavy (non-hydrogen) atoms. The zero-order chi connectivity index (χ0) is 43.8. The van der Waals surface area contributed by atoms with Crippen LogP contribution < -0.4 is 25.0 Å². The van der Waals surface area contributed by atoms with Crippen LogP contribution in [0.25, 0.3) is 0 Å². The molecule has 0 saturated heterocycles. The lowest BCUT2D eigenvalue weighted by Crippen LogP contribution is -2.37. The Morgan fingerprint density at radius 1 is 0.862 bits per heavy atom. The average molecular weight is 839 g/mol. The lowest BCUT2D eigenvalue weighted by atomic mass is 9.76. The number of hydrogen-bond acceptors (Lipinski definition) is 8. The van der Waals surface area contributed by atoms with Gasteiger partial charge in [0.1, 0.15) is 5.75 Å². The number of carbonyl (C=O) groups excluding carboxylic acids is 3. The average Bonchev–Trinajstić information content (AvgIpc) is 3.15. The maximum absolute atomic E-state index is 13.9. The molecule has 0 heterocycles. The van der Waals surface area contributed by atoms with Crippen LogP contribution in [0.1, 0.15) is 112 Å². The smallest absolute Gasteiger partial charge is 0.278 e. The Hall–Kier alpha value is -4.26. The Morgan fingerprint density at radius 3 is 2.07 bits per heavy atom. The second kappa shape index (κ2) is 19.7. The van der Waals surface area contributed by atoms with Crippen LogP contribution in [-0.4, -0.2) is 63.7 Å². The fraction of sp³-hybridized carbons (Fsp3) is 0.511. The van der Waals surface area contributed by atoms with E-state index in [1.165, 1.54) is 11.6 Å². The maximum atomic E-state index is 13.9. The minimum Gasteiger partial charge on any atom is -0.480 e. The van der Waals surface area contributed by atoms with Crippen molar-refractivity contribution < 1.29 is 27.5 Å². The summed E-state index contributed by atoms with van der Waals surface area (Å²) in [5, 5.41) is 5.88. The van der Waals surface area contributed by atoms with Crippen LogP contribution in [-0.2, 0) is 35.2 Å². The number of nitrogens with zero attached hydrogens (tertiary/aromatic N) is 2. The van der Waals surface area contributed by atoms with E-state index >= 15 is 0 Å². The van der Waals surface area contributed by atoms with E-state index in [1.54, 1.807) is 39.0 Å². The van der Waals surface area contributed by atoms with Crippen molar-refractivity contribution in [3.05, 3.63) is 76.3 Å². The van der Waals surface area contributed by atoms with E-state index in [0.717, 1.165) is 30.3 Å². The van der Waals surface area contributed by atoms with Crippen molar-refractivity contribution in [2.75, 3.05) is 41.4 Å². The van der Waals surface area contributed by atoms with Gasteiger partial charge in [-0.25, -0.2) is 18.1 Å². The highest BCUT2D eigenvalue weighted by Crippen LogP contribution is 2.39. The van der Waals surface area contributed by atoms with Crippen molar-refractivity contribution in [2.45, 2.75) is 119 Å². The van der Waals surface area contributed by atoms with E-state index in [-0.39, 0.29) is 39.7 Å². The van der Waals surface area contributed by atoms with Crippen LogP contribution in [0, 0.1) is 12.3 Å².